The zero-order valence-corrected chi connectivity index (χ0v) is 16.3. The number of hydrogen-bond donors (Lipinski definition) is 1. The highest BCUT2D eigenvalue weighted by Crippen LogP contribution is 2.61. The summed E-state index contributed by atoms with van der Waals surface area (Å²) in [7, 11) is 0. The standard InChI is InChI=1S/C25H23N3O/c26-16-19-2-1-3-22(11-19)23(29)28-25-14-20-10-21(15-25)13-24(12-20,17-25)7-4-18-5-8-27-9-6-18/h1-3,5-6,8-9,11,20-21H,10,12-15,17H2,(H,28,29). The fourth-order valence-electron chi connectivity index (χ4n) is 6.24. The van der Waals surface area contributed by atoms with Crippen LogP contribution in [0.25, 0.3) is 0 Å². The van der Waals surface area contributed by atoms with Crippen LogP contribution >= 0.6 is 0 Å². The first kappa shape index (κ1) is 18.0. The Morgan fingerprint density at radius 2 is 1.83 bits per heavy atom. The molecular weight excluding hydrogens is 358 g/mol. The summed E-state index contributed by atoms with van der Waals surface area (Å²) in [6, 6.07) is 13.0. The number of hydrogen-bond acceptors (Lipinski definition) is 3. The van der Waals surface area contributed by atoms with Gasteiger partial charge in [0.05, 0.1) is 11.6 Å². The lowest BCUT2D eigenvalue weighted by atomic mass is 9.47. The Kier molecular flexibility index (Phi) is 4.18. The molecule has 1 aromatic heterocycles. The molecule has 4 nitrogen and oxygen atoms in total. The third-order valence-corrected chi connectivity index (χ3v) is 6.85. The molecule has 2 aromatic rings. The van der Waals surface area contributed by atoms with Crippen molar-refractivity contribution in [3.63, 3.8) is 0 Å². The normalized spacial score (nSPS) is 31.4. The van der Waals surface area contributed by atoms with Gasteiger partial charge < -0.3 is 5.32 Å². The lowest BCUT2D eigenvalue weighted by Gasteiger charge is -2.60. The molecule has 0 radical (unpaired) electrons. The highest BCUT2D eigenvalue weighted by molar-refractivity contribution is 5.95. The summed E-state index contributed by atoms with van der Waals surface area (Å²) in [6.07, 6.45) is 10.1. The summed E-state index contributed by atoms with van der Waals surface area (Å²) < 4.78 is 0. The molecule has 1 heterocycles. The molecule has 1 N–H and O–H groups in total. The van der Waals surface area contributed by atoms with Crippen LogP contribution < -0.4 is 5.32 Å². The number of pyridine rings is 1. The fraction of sp³-hybridized carbons (Fsp3) is 0.400. The van der Waals surface area contributed by atoms with Crippen LogP contribution in [0.3, 0.4) is 0 Å². The molecule has 4 saturated carbocycles. The Labute approximate surface area is 171 Å². The van der Waals surface area contributed by atoms with E-state index in [1.807, 2.05) is 12.1 Å². The zero-order valence-electron chi connectivity index (χ0n) is 16.3. The predicted molar refractivity (Wildman–Crippen MR) is 110 cm³/mol. The van der Waals surface area contributed by atoms with Gasteiger partial charge in [0.15, 0.2) is 0 Å². The summed E-state index contributed by atoms with van der Waals surface area (Å²) in [5.74, 6) is 8.21. The van der Waals surface area contributed by atoms with E-state index >= 15 is 0 Å². The molecule has 0 saturated heterocycles. The molecule has 29 heavy (non-hydrogen) atoms. The first-order valence-corrected chi connectivity index (χ1v) is 10.3. The number of nitrogens with one attached hydrogen (secondary N) is 1. The van der Waals surface area contributed by atoms with Gasteiger partial charge in [0.1, 0.15) is 0 Å². The second-order valence-electron chi connectivity index (χ2n) is 9.15. The molecule has 2 atom stereocenters. The van der Waals surface area contributed by atoms with Gasteiger partial charge in [-0.2, -0.15) is 5.26 Å². The lowest BCUT2D eigenvalue weighted by Crippen LogP contribution is -2.62. The maximum atomic E-state index is 13.0. The number of rotatable bonds is 2. The minimum atomic E-state index is -0.170. The number of nitrogens with zero attached hydrogens (tertiary/aromatic N) is 2. The van der Waals surface area contributed by atoms with E-state index in [1.165, 1.54) is 6.42 Å². The number of benzene rings is 1. The van der Waals surface area contributed by atoms with Crippen molar-refractivity contribution in [2.45, 2.75) is 44.1 Å². The number of nitriles is 1. The topological polar surface area (TPSA) is 65.8 Å². The van der Waals surface area contributed by atoms with Crippen LogP contribution in [0, 0.1) is 40.4 Å². The molecule has 6 rings (SSSR count). The van der Waals surface area contributed by atoms with Gasteiger partial charge in [0.2, 0.25) is 0 Å². The first-order valence-electron chi connectivity index (χ1n) is 10.3. The van der Waals surface area contributed by atoms with E-state index in [2.05, 4.69) is 28.2 Å². The van der Waals surface area contributed by atoms with Crippen molar-refractivity contribution >= 4 is 5.91 Å². The highest BCUT2D eigenvalue weighted by Gasteiger charge is 2.57. The van der Waals surface area contributed by atoms with Crippen LogP contribution in [0.15, 0.2) is 48.8 Å². The van der Waals surface area contributed by atoms with Crippen molar-refractivity contribution in [2.75, 3.05) is 0 Å². The number of carbonyl (C=O) groups is 1. The summed E-state index contributed by atoms with van der Waals surface area (Å²) in [6.45, 7) is 0. The molecule has 144 valence electrons. The monoisotopic (exact) mass is 381 g/mol. The Morgan fingerprint density at radius 1 is 1.07 bits per heavy atom. The average Bonchev–Trinajstić information content (AvgIpc) is 2.72. The van der Waals surface area contributed by atoms with Crippen LogP contribution in [0.5, 0.6) is 0 Å². The molecule has 4 heteroatoms. The van der Waals surface area contributed by atoms with Crippen LogP contribution in [-0.2, 0) is 0 Å². The van der Waals surface area contributed by atoms with E-state index in [9.17, 15) is 4.79 Å². The Hall–Kier alpha value is -3.11. The SMILES string of the molecule is N#Cc1cccc(C(=O)NC23CC4CC(CC(C#Cc5ccncc5)(C4)C2)C3)c1. The summed E-state index contributed by atoms with van der Waals surface area (Å²) >= 11 is 0. The van der Waals surface area contributed by atoms with Gasteiger partial charge >= 0.3 is 0 Å². The van der Waals surface area contributed by atoms with Crippen molar-refractivity contribution in [3.05, 3.63) is 65.5 Å². The lowest BCUT2D eigenvalue weighted by molar-refractivity contribution is -0.0484. The maximum absolute atomic E-state index is 13.0. The van der Waals surface area contributed by atoms with E-state index in [0.29, 0.717) is 23.0 Å². The van der Waals surface area contributed by atoms with Gasteiger partial charge in [0.25, 0.3) is 5.91 Å². The van der Waals surface area contributed by atoms with Gasteiger partial charge in [-0.1, -0.05) is 17.9 Å². The van der Waals surface area contributed by atoms with Crippen LogP contribution in [0.1, 0.15) is 60.0 Å². The van der Waals surface area contributed by atoms with Crippen LogP contribution in [0.4, 0.5) is 0 Å². The molecule has 4 fully saturated rings. The maximum Gasteiger partial charge on any atom is 0.251 e. The third-order valence-electron chi connectivity index (χ3n) is 6.85. The summed E-state index contributed by atoms with van der Waals surface area (Å²) in [5, 5.41) is 12.5. The molecule has 4 aliphatic carbocycles. The molecule has 1 amide bonds. The summed E-state index contributed by atoms with van der Waals surface area (Å²) in [5.41, 5.74) is 1.91. The van der Waals surface area contributed by atoms with Gasteiger partial charge in [-0.15, -0.1) is 0 Å². The number of carbonyl (C=O) groups excluding carboxylic acids is 1. The largest absolute Gasteiger partial charge is 0.347 e. The van der Waals surface area contributed by atoms with E-state index in [1.54, 1.807) is 36.7 Å². The first-order chi connectivity index (χ1) is 14.1. The second-order valence-corrected chi connectivity index (χ2v) is 9.15. The van der Waals surface area contributed by atoms with Crippen molar-refractivity contribution in [1.82, 2.24) is 10.3 Å². The predicted octanol–water partition coefficient (Wildman–Crippen LogP) is 4.07. The van der Waals surface area contributed by atoms with E-state index in [4.69, 9.17) is 5.26 Å². The van der Waals surface area contributed by atoms with E-state index in [0.717, 1.165) is 37.7 Å². The van der Waals surface area contributed by atoms with E-state index in [-0.39, 0.29) is 16.9 Å². The van der Waals surface area contributed by atoms with Crippen molar-refractivity contribution in [3.8, 4) is 17.9 Å². The van der Waals surface area contributed by atoms with Crippen molar-refractivity contribution < 1.29 is 4.79 Å². The van der Waals surface area contributed by atoms with Crippen molar-refractivity contribution in [2.24, 2.45) is 17.3 Å². The fourth-order valence-corrected chi connectivity index (χ4v) is 6.24. The van der Waals surface area contributed by atoms with Crippen LogP contribution in [0.2, 0.25) is 0 Å². The molecule has 4 bridgehead atoms. The molecule has 1 aromatic carbocycles. The number of aromatic nitrogens is 1. The molecule has 0 spiro atoms. The minimum Gasteiger partial charge on any atom is -0.347 e. The smallest absolute Gasteiger partial charge is 0.251 e. The molecule has 4 aliphatic rings. The van der Waals surface area contributed by atoms with Gasteiger partial charge in [-0.3, -0.25) is 9.78 Å². The average molecular weight is 381 g/mol. The third kappa shape index (κ3) is 3.40. The Balaban J connectivity index is 1.41. The van der Waals surface area contributed by atoms with Gasteiger partial charge in [-0.25, -0.2) is 0 Å². The highest BCUT2D eigenvalue weighted by atomic mass is 16.1. The van der Waals surface area contributed by atoms with Crippen LogP contribution in [-0.4, -0.2) is 16.4 Å². The Bertz CT molecular complexity index is 1040. The zero-order chi connectivity index (χ0) is 19.9. The molecular formula is C25H23N3O. The summed E-state index contributed by atoms with van der Waals surface area (Å²) in [4.78, 5) is 17.1. The molecule has 0 aliphatic heterocycles. The quantitative estimate of drug-likeness (QED) is 0.798. The van der Waals surface area contributed by atoms with Gasteiger partial charge in [0, 0.05) is 34.5 Å². The van der Waals surface area contributed by atoms with Gasteiger partial charge in [-0.05, 0) is 80.7 Å². The number of amides is 1. The Morgan fingerprint density at radius 3 is 2.55 bits per heavy atom. The van der Waals surface area contributed by atoms with Crippen molar-refractivity contribution in [1.29, 1.82) is 5.26 Å². The second kappa shape index (κ2) is 6.75. The minimum absolute atomic E-state index is 0.00483. The molecule has 2 unspecified atom stereocenters. The van der Waals surface area contributed by atoms with E-state index < -0.39 is 0 Å².